The Hall–Kier alpha value is -3.25. The van der Waals surface area contributed by atoms with Crippen LogP contribution in [-0.4, -0.2) is 29.6 Å². The fourth-order valence-corrected chi connectivity index (χ4v) is 2.74. The molecule has 1 heterocycles. The van der Waals surface area contributed by atoms with E-state index in [-0.39, 0.29) is 12.5 Å². The monoisotopic (exact) mass is 394 g/mol. The van der Waals surface area contributed by atoms with Crippen LogP contribution >= 0.6 is 11.6 Å². The summed E-state index contributed by atoms with van der Waals surface area (Å²) >= 11 is 6.18. The van der Waals surface area contributed by atoms with Crippen molar-refractivity contribution >= 4 is 40.5 Å². The van der Waals surface area contributed by atoms with E-state index in [0.29, 0.717) is 16.3 Å². The van der Waals surface area contributed by atoms with Crippen molar-refractivity contribution < 1.29 is 9.59 Å². The lowest BCUT2D eigenvalue weighted by Gasteiger charge is -2.05. The summed E-state index contributed by atoms with van der Waals surface area (Å²) in [5.41, 5.74) is 6.39. The molecule has 2 amide bonds. The van der Waals surface area contributed by atoms with Gasteiger partial charge >= 0.3 is 0 Å². The number of nitrogens with zero attached hydrogens (tertiary/aromatic N) is 2. The second-order valence-corrected chi connectivity index (χ2v) is 6.76. The minimum Gasteiger partial charge on any atom is -0.343 e. The summed E-state index contributed by atoms with van der Waals surface area (Å²) in [7, 11) is 0. The van der Waals surface area contributed by atoms with Crippen LogP contribution in [0.2, 0.25) is 5.15 Å². The number of pyridine rings is 1. The van der Waals surface area contributed by atoms with Crippen LogP contribution in [0, 0.1) is 13.8 Å². The summed E-state index contributed by atoms with van der Waals surface area (Å²) in [6, 6.07) is 14.8. The Morgan fingerprint density at radius 2 is 1.79 bits per heavy atom. The second-order valence-electron chi connectivity index (χ2n) is 6.41. The lowest BCUT2D eigenvalue weighted by atomic mass is 10.1. The van der Waals surface area contributed by atoms with Gasteiger partial charge in [0.15, 0.2) is 0 Å². The van der Waals surface area contributed by atoms with Crippen molar-refractivity contribution in [1.82, 2.24) is 15.7 Å². The standard InChI is InChI=1S/C21H19ClN4O2/c1-13-3-6-15(7-4-13)21(28)23-12-19(27)26-24-11-17-10-16-8-5-14(2)9-18(16)25-20(17)22/h3-11H,12H2,1-2H3,(H,23,28)(H,26,27)/b24-11+. The molecule has 1 aromatic heterocycles. The topological polar surface area (TPSA) is 83.5 Å². The number of aromatic nitrogens is 1. The van der Waals surface area contributed by atoms with Gasteiger partial charge in [0.2, 0.25) is 0 Å². The first-order valence-corrected chi connectivity index (χ1v) is 9.04. The van der Waals surface area contributed by atoms with Gasteiger partial charge in [-0.05, 0) is 43.7 Å². The second kappa shape index (κ2) is 8.63. The molecule has 0 bridgehead atoms. The lowest BCUT2D eigenvalue weighted by molar-refractivity contribution is -0.120. The Balaban J connectivity index is 1.56. The van der Waals surface area contributed by atoms with Crippen LogP contribution in [0.3, 0.4) is 0 Å². The minimum atomic E-state index is -0.447. The highest BCUT2D eigenvalue weighted by Gasteiger charge is 2.07. The number of nitrogens with one attached hydrogen (secondary N) is 2. The van der Waals surface area contributed by atoms with Gasteiger partial charge in [-0.1, -0.05) is 41.4 Å². The molecule has 0 aliphatic heterocycles. The molecule has 0 atom stereocenters. The summed E-state index contributed by atoms with van der Waals surface area (Å²) in [6.45, 7) is 3.73. The summed E-state index contributed by atoms with van der Waals surface area (Å²) in [4.78, 5) is 28.2. The maximum Gasteiger partial charge on any atom is 0.259 e. The van der Waals surface area contributed by atoms with Crippen LogP contribution in [0.1, 0.15) is 27.0 Å². The number of hydrogen-bond acceptors (Lipinski definition) is 4. The van der Waals surface area contributed by atoms with Gasteiger partial charge in [-0.2, -0.15) is 5.10 Å². The third kappa shape index (κ3) is 4.92. The molecule has 0 saturated carbocycles. The number of rotatable bonds is 5. The van der Waals surface area contributed by atoms with E-state index in [0.717, 1.165) is 22.0 Å². The number of benzene rings is 2. The first kappa shape index (κ1) is 19.5. The average molecular weight is 395 g/mol. The van der Waals surface area contributed by atoms with Crippen LogP contribution in [0.25, 0.3) is 10.9 Å². The molecule has 28 heavy (non-hydrogen) atoms. The highest BCUT2D eigenvalue weighted by molar-refractivity contribution is 6.32. The largest absolute Gasteiger partial charge is 0.343 e. The van der Waals surface area contributed by atoms with Crippen LogP contribution < -0.4 is 10.7 Å². The number of hydrogen-bond donors (Lipinski definition) is 2. The first-order chi connectivity index (χ1) is 13.4. The van der Waals surface area contributed by atoms with E-state index in [4.69, 9.17) is 11.6 Å². The van der Waals surface area contributed by atoms with Crippen molar-refractivity contribution in [1.29, 1.82) is 0 Å². The normalized spacial score (nSPS) is 11.0. The quantitative estimate of drug-likeness (QED) is 0.395. The average Bonchev–Trinajstić information content (AvgIpc) is 2.67. The van der Waals surface area contributed by atoms with Gasteiger partial charge in [0.1, 0.15) is 5.15 Å². The molecule has 7 heteroatoms. The predicted octanol–water partition coefficient (Wildman–Crippen LogP) is 3.39. The molecule has 0 unspecified atom stereocenters. The zero-order valence-electron chi connectivity index (χ0n) is 15.5. The third-order valence-corrected chi connectivity index (χ3v) is 4.37. The van der Waals surface area contributed by atoms with Crippen LogP contribution in [0.15, 0.2) is 53.6 Å². The molecule has 0 saturated heterocycles. The van der Waals surface area contributed by atoms with Crippen molar-refractivity contribution in [3.63, 3.8) is 0 Å². The summed E-state index contributed by atoms with van der Waals surface area (Å²) in [5, 5.41) is 7.65. The smallest absolute Gasteiger partial charge is 0.259 e. The molecule has 0 radical (unpaired) electrons. The highest BCUT2D eigenvalue weighted by Crippen LogP contribution is 2.20. The van der Waals surface area contributed by atoms with Gasteiger partial charge in [0.25, 0.3) is 11.8 Å². The molecule has 0 aliphatic rings. The number of aryl methyl sites for hydroxylation is 2. The Kier molecular flexibility index (Phi) is 6.01. The summed E-state index contributed by atoms with van der Waals surface area (Å²) < 4.78 is 0. The molecule has 0 spiro atoms. The van der Waals surface area contributed by atoms with E-state index in [1.807, 2.05) is 50.2 Å². The zero-order chi connectivity index (χ0) is 20.1. The van der Waals surface area contributed by atoms with E-state index in [2.05, 4.69) is 20.8 Å². The van der Waals surface area contributed by atoms with E-state index in [9.17, 15) is 9.59 Å². The molecular weight excluding hydrogens is 376 g/mol. The number of fused-ring (bicyclic) bond motifs is 1. The maximum absolute atomic E-state index is 12.0. The predicted molar refractivity (Wildman–Crippen MR) is 111 cm³/mol. The Morgan fingerprint density at radius 1 is 1.07 bits per heavy atom. The van der Waals surface area contributed by atoms with Crippen molar-refractivity contribution in [3.8, 4) is 0 Å². The van der Waals surface area contributed by atoms with Gasteiger partial charge in [-0.25, -0.2) is 10.4 Å². The Bertz CT molecular complexity index is 1060. The molecular formula is C21H19ClN4O2. The summed E-state index contributed by atoms with van der Waals surface area (Å²) in [5.74, 6) is -0.770. The number of amides is 2. The molecule has 2 N–H and O–H groups in total. The number of hydrazone groups is 1. The lowest BCUT2D eigenvalue weighted by Crippen LogP contribution is -2.34. The van der Waals surface area contributed by atoms with Crippen LogP contribution in [0.4, 0.5) is 0 Å². The third-order valence-electron chi connectivity index (χ3n) is 4.07. The van der Waals surface area contributed by atoms with E-state index < -0.39 is 5.91 Å². The molecule has 142 valence electrons. The number of carbonyl (C=O) groups is 2. The van der Waals surface area contributed by atoms with Crippen molar-refractivity contribution in [3.05, 3.63) is 75.9 Å². The Labute approximate surface area is 167 Å². The first-order valence-electron chi connectivity index (χ1n) is 8.66. The van der Waals surface area contributed by atoms with Gasteiger partial charge in [-0.15, -0.1) is 0 Å². The van der Waals surface area contributed by atoms with E-state index >= 15 is 0 Å². The van der Waals surface area contributed by atoms with E-state index in [1.165, 1.54) is 6.21 Å². The van der Waals surface area contributed by atoms with Gasteiger partial charge in [0.05, 0.1) is 18.3 Å². The molecule has 3 aromatic rings. The zero-order valence-corrected chi connectivity index (χ0v) is 16.2. The van der Waals surface area contributed by atoms with Gasteiger partial charge in [0, 0.05) is 16.5 Å². The van der Waals surface area contributed by atoms with Crippen LogP contribution in [-0.2, 0) is 4.79 Å². The van der Waals surface area contributed by atoms with Crippen molar-refractivity contribution in [2.45, 2.75) is 13.8 Å². The SMILES string of the molecule is Cc1ccc(C(=O)NCC(=O)N/N=C/c2cc3ccc(C)cc3nc2Cl)cc1. The maximum atomic E-state index is 12.0. The fourth-order valence-electron chi connectivity index (χ4n) is 2.54. The van der Waals surface area contributed by atoms with E-state index in [1.54, 1.807) is 12.1 Å². The summed E-state index contributed by atoms with van der Waals surface area (Å²) in [6.07, 6.45) is 1.42. The highest BCUT2D eigenvalue weighted by atomic mass is 35.5. The molecule has 6 nitrogen and oxygen atoms in total. The Morgan fingerprint density at radius 3 is 2.54 bits per heavy atom. The van der Waals surface area contributed by atoms with Crippen molar-refractivity contribution in [2.75, 3.05) is 6.54 Å². The molecule has 0 aliphatic carbocycles. The molecule has 0 fully saturated rings. The van der Waals surface area contributed by atoms with Gasteiger partial charge in [-0.3, -0.25) is 9.59 Å². The number of halogens is 1. The fraction of sp³-hybridized carbons (Fsp3) is 0.143. The van der Waals surface area contributed by atoms with Crippen LogP contribution in [0.5, 0.6) is 0 Å². The molecule has 2 aromatic carbocycles. The minimum absolute atomic E-state index is 0.187. The number of carbonyl (C=O) groups excluding carboxylic acids is 2. The van der Waals surface area contributed by atoms with Crippen molar-refractivity contribution in [2.24, 2.45) is 5.10 Å². The molecule has 3 rings (SSSR count). The van der Waals surface area contributed by atoms with Gasteiger partial charge < -0.3 is 5.32 Å².